The molecule has 3 fully saturated rings. The third-order valence-corrected chi connectivity index (χ3v) is 6.83. The molecule has 1 spiro atoms. The number of amides is 1. The number of carbonyl (C=O) groups excluding carboxylic acids is 1. The van der Waals surface area contributed by atoms with Crippen molar-refractivity contribution in [1.29, 1.82) is 0 Å². The van der Waals surface area contributed by atoms with Crippen molar-refractivity contribution in [1.82, 2.24) is 14.9 Å². The van der Waals surface area contributed by atoms with Crippen LogP contribution in [0.2, 0.25) is 0 Å². The molecule has 1 amide bonds. The molecule has 0 saturated carbocycles. The molecule has 3 aliphatic rings. The molecule has 0 radical (unpaired) electrons. The van der Waals surface area contributed by atoms with E-state index in [4.69, 9.17) is 14.7 Å². The highest BCUT2D eigenvalue weighted by atomic mass is 16.5. The molecule has 0 N–H and O–H groups in total. The van der Waals surface area contributed by atoms with Crippen molar-refractivity contribution in [3.05, 3.63) is 11.8 Å². The number of rotatable bonds is 3. The van der Waals surface area contributed by atoms with Gasteiger partial charge in [0.15, 0.2) is 0 Å². The predicted molar refractivity (Wildman–Crippen MR) is 110 cm³/mol. The molecule has 7 nitrogen and oxygen atoms in total. The lowest BCUT2D eigenvalue weighted by molar-refractivity contribution is -0.129. The quantitative estimate of drug-likeness (QED) is 0.792. The van der Waals surface area contributed by atoms with Gasteiger partial charge in [0.05, 0.1) is 13.2 Å². The van der Waals surface area contributed by atoms with Crippen LogP contribution in [0.3, 0.4) is 0 Å². The van der Waals surface area contributed by atoms with E-state index in [1.165, 1.54) is 0 Å². The van der Waals surface area contributed by atoms with Crippen LogP contribution >= 0.6 is 0 Å². The lowest BCUT2D eigenvalue weighted by Crippen LogP contribution is -2.42. The molecule has 4 rings (SSSR count). The molecule has 0 aromatic carbocycles. The van der Waals surface area contributed by atoms with Gasteiger partial charge in [-0.25, -0.2) is 4.98 Å². The summed E-state index contributed by atoms with van der Waals surface area (Å²) in [6, 6.07) is 2.16. The number of morpholine rings is 1. The first-order valence-electron chi connectivity index (χ1n) is 10.8. The molecule has 0 unspecified atom stereocenters. The Balaban J connectivity index is 1.47. The lowest BCUT2D eigenvalue weighted by Gasteiger charge is -2.42. The van der Waals surface area contributed by atoms with Crippen LogP contribution in [0.5, 0.6) is 0 Å². The molecule has 1 aromatic rings. The lowest BCUT2D eigenvalue weighted by atomic mass is 9.73. The van der Waals surface area contributed by atoms with Gasteiger partial charge >= 0.3 is 0 Å². The van der Waals surface area contributed by atoms with Gasteiger partial charge in [0, 0.05) is 58.0 Å². The summed E-state index contributed by atoms with van der Waals surface area (Å²) in [5.74, 6) is 2.21. The van der Waals surface area contributed by atoms with Crippen molar-refractivity contribution in [2.24, 2.45) is 5.41 Å². The fourth-order valence-electron chi connectivity index (χ4n) is 4.65. The van der Waals surface area contributed by atoms with E-state index in [1.54, 1.807) is 0 Å². The van der Waals surface area contributed by atoms with Gasteiger partial charge in [0.2, 0.25) is 11.9 Å². The van der Waals surface area contributed by atoms with E-state index in [0.717, 1.165) is 95.5 Å². The highest BCUT2D eigenvalue weighted by Gasteiger charge is 2.37. The Morgan fingerprint density at radius 2 is 1.71 bits per heavy atom. The van der Waals surface area contributed by atoms with E-state index in [9.17, 15) is 4.79 Å². The van der Waals surface area contributed by atoms with E-state index in [1.807, 2.05) is 11.9 Å². The maximum atomic E-state index is 12.1. The van der Waals surface area contributed by atoms with Crippen LogP contribution in [0.4, 0.5) is 11.8 Å². The average Bonchev–Trinajstić information content (AvgIpc) is 2.89. The van der Waals surface area contributed by atoms with Crippen LogP contribution in [-0.2, 0) is 16.0 Å². The maximum absolute atomic E-state index is 12.1. The number of nitrogens with zero attached hydrogens (tertiary/aromatic N) is 5. The number of carbonyl (C=O) groups is 1. The molecule has 7 heteroatoms. The number of hydrogen-bond acceptors (Lipinski definition) is 6. The monoisotopic (exact) mass is 387 g/mol. The normalized spacial score (nSPS) is 23.2. The standard InChI is InChI=1S/C21H33N5O2/c1-3-17-16-18(23-20(22-17)26-12-14-28-15-13-26)25-10-7-21(8-11-25)5-4-19(27)24(2)9-6-21/h16H,3-15H2,1-2H3. The van der Waals surface area contributed by atoms with E-state index >= 15 is 0 Å². The largest absolute Gasteiger partial charge is 0.378 e. The van der Waals surface area contributed by atoms with Gasteiger partial charge in [-0.2, -0.15) is 4.98 Å². The Morgan fingerprint density at radius 3 is 2.43 bits per heavy atom. The van der Waals surface area contributed by atoms with Crippen LogP contribution in [0.25, 0.3) is 0 Å². The fraction of sp³-hybridized carbons (Fsp3) is 0.762. The minimum Gasteiger partial charge on any atom is -0.378 e. The van der Waals surface area contributed by atoms with Crippen LogP contribution in [0.15, 0.2) is 6.07 Å². The van der Waals surface area contributed by atoms with Gasteiger partial charge < -0.3 is 19.4 Å². The summed E-state index contributed by atoms with van der Waals surface area (Å²) in [5.41, 5.74) is 1.43. The summed E-state index contributed by atoms with van der Waals surface area (Å²) in [6.45, 7) is 8.28. The van der Waals surface area contributed by atoms with Gasteiger partial charge in [-0.15, -0.1) is 0 Å². The highest BCUT2D eigenvalue weighted by Crippen LogP contribution is 2.42. The van der Waals surface area contributed by atoms with Crippen LogP contribution in [0.1, 0.15) is 44.7 Å². The van der Waals surface area contributed by atoms with Gasteiger partial charge in [-0.05, 0) is 37.5 Å². The Morgan fingerprint density at radius 1 is 1.00 bits per heavy atom. The number of piperidine rings is 1. The molecule has 154 valence electrons. The second-order valence-corrected chi connectivity index (χ2v) is 8.52. The summed E-state index contributed by atoms with van der Waals surface area (Å²) < 4.78 is 5.48. The van der Waals surface area contributed by atoms with E-state index < -0.39 is 0 Å². The van der Waals surface area contributed by atoms with E-state index in [-0.39, 0.29) is 0 Å². The minimum absolute atomic E-state index is 0.304. The topological polar surface area (TPSA) is 61.8 Å². The predicted octanol–water partition coefficient (Wildman–Crippen LogP) is 2.10. The molecule has 28 heavy (non-hydrogen) atoms. The summed E-state index contributed by atoms with van der Waals surface area (Å²) >= 11 is 0. The SMILES string of the molecule is CCc1cc(N2CCC3(CCC(=O)N(C)CC3)CC2)nc(N2CCOCC2)n1. The van der Waals surface area contributed by atoms with Crippen LogP contribution < -0.4 is 9.80 Å². The molecule has 0 aliphatic carbocycles. The summed E-state index contributed by atoms with van der Waals surface area (Å²) in [6.07, 6.45) is 6.07. The van der Waals surface area contributed by atoms with Gasteiger partial charge in [-0.3, -0.25) is 4.79 Å². The number of anilines is 2. The Labute approximate surface area is 168 Å². The molecule has 0 atom stereocenters. The van der Waals surface area contributed by atoms with Gasteiger partial charge in [-0.1, -0.05) is 6.92 Å². The number of likely N-dealkylation sites (tertiary alicyclic amines) is 1. The number of ether oxygens (including phenoxy) is 1. The second-order valence-electron chi connectivity index (χ2n) is 8.52. The Kier molecular flexibility index (Phi) is 5.71. The van der Waals surface area contributed by atoms with Crippen molar-refractivity contribution in [3.8, 4) is 0 Å². The van der Waals surface area contributed by atoms with Crippen molar-refractivity contribution in [2.75, 3.05) is 62.8 Å². The number of aromatic nitrogens is 2. The first-order valence-corrected chi connectivity index (χ1v) is 10.8. The smallest absolute Gasteiger partial charge is 0.227 e. The molecule has 3 saturated heterocycles. The summed E-state index contributed by atoms with van der Waals surface area (Å²) in [5, 5.41) is 0. The molecular formula is C21H33N5O2. The van der Waals surface area contributed by atoms with Crippen LogP contribution in [0, 0.1) is 5.41 Å². The number of hydrogen-bond donors (Lipinski definition) is 0. The highest BCUT2D eigenvalue weighted by molar-refractivity contribution is 5.76. The van der Waals surface area contributed by atoms with Crippen molar-refractivity contribution >= 4 is 17.7 Å². The second kappa shape index (κ2) is 8.23. The zero-order valence-electron chi connectivity index (χ0n) is 17.3. The van der Waals surface area contributed by atoms with E-state index in [0.29, 0.717) is 17.7 Å². The molecule has 1 aromatic heterocycles. The first kappa shape index (κ1) is 19.4. The zero-order chi connectivity index (χ0) is 19.6. The third-order valence-electron chi connectivity index (χ3n) is 6.83. The van der Waals surface area contributed by atoms with Crippen LogP contribution in [-0.4, -0.2) is 73.8 Å². The van der Waals surface area contributed by atoms with Gasteiger partial charge in [0.1, 0.15) is 5.82 Å². The van der Waals surface area contributed by atoms with Gasteiger partial charge in [0.25, 0.3) is 0 Å². The third kappa shape index (κ3) is 4.09. The van der Waals surface area contributed by atoms with Crippen molar-refractivity contribution in [2.45, 2.75) is 45.4 Å². The summed E-state index contributed by atoms with van der Waals surface area (Å²) in [7, 11) is 1.94. The number of aryl methyl sites for hydroxylation is 1. The minimum atomic E-state index is 0.304. The Hall–Kier alpha value is -1.89. The van der Waals surface area contributed by atoms with Crippen molar-refractivity contribution < 1.29 is 9.53 Å². The molecule has 0 bridgehead atoms. The van der Waals surface area contributed by atoms with Crippen molar-refractivity contribution in [3.63, 3.8) is 0 Å². The van der Waals surface area contributed by atoms with E-state index in [2.05, 4.69) is 22.8 Å². The Bertz CT molecular complexity index is 696. The molecular weight excluding hydrogens is 354 g/mol. The maximum Gasteiger partial charge on any atom is 0.227 e. The zero-order valence-corrected chi connectivity index (χ0v) is 17.3. The molecule has 3 aliphatic heterocycles. The first-order chi connectivity index (χ1) is 13.6. The summed E-state index contributed by atoms with van der Waals surface area (Å²) in [4.78, 5) is 28.3. The molecule has 4 heterocycles. The fourth-order valence-corrected chi connectivity index (χ4v) is 4.65. The average molecular weight is 388 g/mol.